The fourth-order valence-corrected chi connectivity index (χ4v) is 3.77. The summed E-state index contributed by atoms with van der Waals surface area (Å²) >= 11 is 1.40. The molecule has 2 heterocycles. The van der Waals surface area contributed by atoms with Crippen molar-refractivity contribution in [2.75, 3.05) is 32.7 Å². The number of thioether (sulfide) groups is 1. The number of anilines is 1. The topological polar surface area (TPSA) is 117 Å². The molecule has 0 amide bonds. The lowest BCUT2D eigenvalue weighted by Gasteiger charge is -2.15. The first-order valence-electron chi connectivity index (χ1n) is 9.36. The molecule has 0 bridgehead atoms. The maximum Gasteiger partial charge on any atom is 0.145 e. The molecular formula is C22H20N6O2S. The van der Waals surface area contributed by atoms with Gasteiger partial charge in [0.1, 0.15) is 47.2 Å². The van der Waals surface area contributed by atoms with Crippen LogP contribution in [0.1, 0.15) is 16.7 Å². The van der Waals surface area contributed by atoms with E-state index in [1.807, 2.05) is 12.1 Å². The Morgan fingerprint density at radius 2 is 1.74 bits per heavy atom. The highest BCUT2D eigenvalue weighted by Gasteiger charge is 2.21. The summed E-state index contributed by atoms with van der Waals surface area (Å²) in [6.07, 6.45) is 4.91. The van der Waals surface area contributed by atoms with Crippen LogP contribution in [0.25, 0.3) is 11.1 Å². The molecule has 0 aliphatic rings. The zero-order valence-electron chi connectivity index (χ0n) is 17.1. The molecule has 0 radical (unpaired) electrons. The van der Waals surface area contributed by atoms with Crippen LogP contribution in [-0.4, -0.2) is 42.3 Å². The standard InChI is InChI=1S/C22H20N6O2S/c1-25-21-18(9-23)20(16-3-5-17(6-4-16)30-8-7-29-2)19(10-24)22(28-21)31-13-15-11-26-14-27-12-15/h3-6,11-12,14H,7-8,13H2,1-2H3,(H,25,28). The van der Waals surface area contributed by atoms with Gasteiger partial charge in [-0.2, -0.15) is 10.5 Å². The van der Waals surface area contributed by atoms with E-state index in [0.29, 0.717) is 52.3 Å². The van der Waals surface area contributed by atoms with Gasteiger partial charge in [0, 0.05) is 37.9 Å². The molecule has 0 aliphatic heterocycles. The Balaban J connectivity index is 2.01. The number of aromatic nitrogens is 3. The molecule has 2 aromatic heterocycles. The third-order valence-corrected chi connectivity index (χ3v) is 5.36. The molecule has 1 aromatic carbocycles. The van der Waals surface area contributed by atoms with Gasteiger partial charge in [-0.1, -0.05) is 12.1 Å². The molecule has 3 aromatic rings. The molecular weight excluding hydrogens is 412 g/mol. The molecule has 0 spiro atoms. The summed E-state index contributed by atoms with van der Waals surface area (Å²) < 4.78 is 10.6. The first-order valence-corrected chi connectivity index (χ1v) is 10.3. The predicted octanol–water partition coefficient (Wildman–Crippen LogP) is 3.64. The van der Waals surface area contributed by atoms with Crippen molar-refractivity contribution in [1.82, 2.24) is 15.0 Å². The molecule has 156 valence electrons. The molecule has 3 rings (SSSR count). The number of nitriles is 2. The van der Waals surface area contributed by atoms with Crippen molar-refractivity contribution in [3.63, 3.8) is 0 Å². The number of benzene rings is 1. The fourth-order valence-electron chi connectivity index (χ4n) is 2.87. The van der Waals surface area contributed by atoms with Crippen LogP contribution in [0.15, 0.2) is 48.0 Å². The normalized spacial score (nSPS) is 10.2. The monoisotopic (exact) mass is 432 g/mol. The number of methoxy groups -OCH3 is 1. The van der Waals surface area contributed by atoms with E-state index >= 15 is 0 Å². The fraction of sp³-hybridized carbons (Fsp3) is 0.227. The lowest BCUT2D eigenvalue weighted by atomic mass is 9.96. The van der Waals surface area contributed by atoms with Crippen molar-refractivity contribution in [1.29, 1.82) is 10.5 Å². The van der Waals surface area contributed by atoms with Crippen LogP contribution in [-0.2, 0) is 10.5 Å². The molecule has 0 saturated heterocycles. The SMILES string of the molecule is CNc1nc(SCc2cncnc2)c(C#N)c(-c2ccc(OCCOC)cc2)c1C#N. The van der Waals surface area contributed by atoms with E-state index in [0.717, 1.165) is 11.1 Å². The van der Waals surface area contributed by atoms with Crippen LogP contribution in [0.5, 0.6) is 5.75 Å². The Morgan fingerprint density at radius 1 is 1.03 bits per heavy atom. The Bertz CT molecular complexity index is 1110. The Hall–Kier alpha value is -3.66. The van der Waals surface area contributed by atoms with Crippen molar-refractivity contribution in [3.05, 3.63) is 59.7 Å². The van der Waals surface area contributed by atoms with E-state index in [1.165, 1.54) is 18.1 Å². The van der Waals surface area contributed by atoms with E-state index in [2.05, 4.69) is 32.4 Å². The van der Waals surface area contributed by atoms with E-state index in [9.17, 15) is 10.5 Å². The maximum absolute atomic E-state index is 9.94. The first-order chi connectivity index (χ1) is 15.2. The van der Waals surface area contributed by atoms with Crippen LogP contribution >= 0.6 is 11.8 Å². The average Bonchev–Trinajstić information content (AvgIpc) is 2.82. The second-order valence-electron chi connectivity index (χ2n) is 6.27. The van der Waals surface area contributed by atoms with Crippen molar-refractivity contribution < 1.29 is 9.47 Å². The number of nitrogens with one attached hydrogen (secondary N) is 1. The molecule has 0 saturated carbocycles. The Morgan fingerprint density at radius 3 is 2.35 bits per heavy atom. The number of hydrogen-bond donors (Lipinski definition) is 1. The van der Waals surface area contributed by atoms with Crippen molar-refractivity contribution in [2.24, 2.45) is 0 Å². The predicted molar refractivity (Wildman–Crippen MR) is 118 cm³/mol. The molecule has 0 unspecified atom stereocenters. The van der Waals surface area contributed by atoms with Gasteiger partial charge >= 0.3 is 0 Å². The van der Waals surface area contributed by atoms with E-state index in [4.69, 9.17) is 9.47 Å². The van der Waals surface area contributed by atoms with Crippen LogP contribution in [0.2, 0.25) is 0 Å². The molecule has 0 aliphatic carbocycles. The molecule has 0 atom stereocenters. The second kappa shape index (κ2) is 10.9. The zero-order valence-corrected chi connectivity index (χ0v) is 17.9. The lowest BCUT2D eigenvalue weighted by molar-refractivity contribution is 0.146. The Kier molecular flexibility index (Phi) is 7.77. The minimum absolute atomic E-state index is 0.319. The van der Waals surface area contributed by atoms with E-state index in [-0.39, 0.29) is 0 Å². The maximum atomic E-state index is 9.94. The van der Waals surface area contributed by atoms with Gasteiger partial charge in [0.2, 0.25) is 0 Å². The number of nitrogens with zero attached hydrogens (tertiary/aromatic N) is 5. The van der Waals surface area contributed by atoms with E-state index in [1.54, 1.807) is 38.7 Å². The summed E-state index contributed by atoms with van der Waals surface area (Å²) in [6.45, 7) is 0.924. The minimum atomic E-state index is 0.319. The second-order valence-corrected chi connectivity index (χ2v) is 7.23. The summed E-state index contributed by atoms with van der Waals surface area (Å²) in [6, 6.07) is 11.7. The smallest absolute Gasteiger partial charge is 0.145 e. The minimum Gasteiger partial charge on any atom is -0.491 e. The van der Waals surface area contributed by atoms with Crippen molar-refractivity contribution in [2.45, 2.75) is 10.8 Å². The van der Waals surface area contributed by atoms with Gasteiger partial charge in [0.05, 0.1) is 12.2 Å². The van der Waals surface area contributed by atoms with Gasteiger partial charge in [0.25, 0.3) is 0 Å². The summed E-state index contributed by atoms with van der Waals surface area (Å²) in [4.78, 5) is 12.6. The van der Waals surface area contributed by atoms with Gasteiger partial charge in [-0.15, -0.1) is 11.8 Å². The third-order valence-electron chi connectivity index (χ3n) is 4.31. The average molecular weight is 433 g/mol. The summed E-state index contributed by atoms with van der Waals surface area (Å²) in [5.41, 5.74) is 2.85. The van der Waals surface area contributed by atoms with Crippen LogP contribution in [0.4, 0.5) is 5.82 Å². The molecule has 9 heteroatoms. The van der Waals surface area contributed by atoms with Gasteiger partial charge in [-0.05, 0) is 23.3 Å². The quantitative estimate of drug-likeness (QED) is 0.399. The molecule has 1 N–H and O–H groups in total. The number of rotatable bonds is 9. The van der Waals surface area contributed by atoms with Crippen molar-refractivity contribution in [3.8, 4) is 29.0 Å². The van der Waals surface area contributed by atoms with Crippen LogP contribution < -0.4 is 10.1 Å². The number of pyridine rings is 1. The highest BCUT2D eigenvalue weighted by atomic mass is 32.2. The molecule has 8 nitrogen and oxygen atoms in total. The summed E-state index contributed by atoms with van der Waals surface area (Å²) in [5.74, 6) is 1.65. The molecule has 31 heavy (non-hydrogen) atoms. The number of ether oxygens (including phenoxy) is 2. The van der Waals surface area contributed by atoms with Crippen LogP contribution in [0.3, 0.4) is 0 Å². The zero-order chi connectivity index (χ0) is 22.1. The van der Waals surface area contributed by atoms with Crippen molar-refractivity contribution >= 4 is 17.6 Å². The van der Waals surface area contributed by atoms with Crippen LogP contribution in [0, 0.1) is 22.7 Å². The highest BCUT2D eigenvalue weighted by molar-refractivity contribution is 7.98. The summed E-state index contributed by atoms with van der Waals surface area (Å²) in [7, 11) is 3.31. The van der Waals surface area contributed by atoms with Gasteiger partial charge in [-0.25, -0.2) is 15.0 Å². The van der Waals surface area contributed by atoms with E-state index < -0.39 is 0 Å². The van der Waals surface area contributed by atoms with Gasteiger partial charge in [0.15, 0.2) is 0 Å². The highest BCUT2D eigenvalue weighted by Crippen LogP contribution is 2.37. The number of hydrogen-bond acceptors (Lipinski definition) is 9. The van der Waals surface area contributed by atoms with Gasteiger partial charge in [-0.3, -0.25) is 0 Å². The Labute approximate surface area is 184 Å². The largest absolute Gasteiger partial charge is 0.491 e. The first kappa shape index (κ1) is 22.0. The lowest BCUT2D eigenvalue weighted by Crippen LogP contribution is -2.05. The molecule has 0 fully saturated rings. The summed E-state index contributed by atoms with van der Waals surface area (Å²) in [5, 5.41) is 23.3. The third kappa shape index (κ3) is 5.28. The van der Waals surface area contributed by atoms with Gasteiger partial charge < -0.3 is 14.8 Å².